The van der Waals surface area contributed by atoms with E-state index in [4.69, 9.17) is 5.73 Å². The van der Waals surface area contributed by atoms with Crippen molar-refractivity contribution in [2.45, 2.75) is 0 Å². The van der Waals surface area contributed by atoms with Crippen molar-refractivity contribution in [2.24, 2.45) is 0 Å². The number of nitrogens with one attached hydrogen (secondary N) is 1. The topological polar surface area (TPSA) is 80.9 Å². The molecule has 0 radical (unpaired) electrons. The highest BCUT2D eigenvalue weighted by molar-refractivity contribution is 6.05. The minimum atomic E-state index is -0.399. The van der Waals surface area contributed by atoms with Crippen LogP contribution in [-0.2, 0) is 0 Å². The van der Waals surface area contributed by atoms with Crippen molar-refractivity contribution in [1.29, 1.82) is 0 Å². The number of rotatable bonds is 2. The van der Waals surface area contributed by atoms with E-state index < -0.39 is 11.7 Å². The molecular weight excluding hydrogens is 223 g/mol. The van der Waals surface area contributed by atoms with E-state index in [1.807, 2.05) is 0 Å². The Morgan fingerprint density at radius 3 is 2.65 bits per heavy atom. The number of carbonyl (C=O) groups excluding carboxylic acids is 1. The number of benzene rings is 1. The van der Waals surface area contributed by atoms with Gasteiger partial charge < -0.3 is 11.1 Å². The van der Waals surface area contributed by atoms with E-state index in [0.717, 1.165) is 0 Å². The number of anilines is 2. The van der Waals surface area contributed by atoms with Gasteiger partial charge in [-0.3, -0.25) is 4.79 Å². The minimum Gasteiger partial charge on any atom is -0.382 e. The summed E-state index contributed by atoms with van der Waals surface area (Å²) in [6.07, 6.45) is 2.67. The zero-order valence-electron chi connectivity index (χ0n) is 8.72. The molecule has 2 aromatic rings. The molecule has 2 rings (SSSR count). The highest BCUT2D eigenvalue weighted by Crippen LogP contribution is 2.13. The molecule has 1 heterocycles. The number of aromatic nitrogens is 2. The van der Waals surface area contributed by atoms with Crippen molar-refractivity contribution in [2.75, 3.05) is 11.1 Å². The maximum atomic E-state index is 12.7. The van der Waals surface area contributed by atoms with Crippen LogP contribution in [0, 0.1) is 5.82 Å². The molecule has 5 nitrogen and oxygen atoms in total. The van der Waals surface area contributed by atoms with Gasteiger partial charge in [0.05, 0.1) is 6.20 Å². The van der Waals surface area contributed by atoms with Gasteiger partial charge in [-0.2, -0.15) is 0 Å². The molecule has 0 saturated carbocycles. The Labute approximate surface area is 96.5 Å². The lowest BCUT2D eigenvalue weighted by atomic mass is 10.2. The van der Waals surface area contributed by atoms with E-state index >= 15 is 0 Å². The van der Waals surface area contributed by atoms with Gasteiger partial charge in [-0.05, 0) is 24.3 Å². The van der Waals surface area contributed by atoms with Crippen molar-refractivity contribution in [3.8, 4) is 0 Å². The summed E-state index contributed by atoms with van der Waals surface area (Å²) in [5, 5.41) is 2.53. The van der Waals surface area contributed by atoms with Crippen LogP contribution in [0.4, 0.5) is 15.9 Å². The normalized spacial score (nSPS) is 9.94. The first-order valence-electron chi connectivity index (χ1n) is 4.79. The Hall–Kier alpha value is -2.50. The van der Waals surface area contributed by atoms with Gasteiger partial charge in [0.25, 0.3) is 5.91 Å². The van der Waals surface area contributed by atoms with Crippen LogP contribution in [0.5, 0.6) is 0 Å². The smallest absolute Gasteiger partial charge is 0.255 e. The average molecular weight is 232 g/mol. The molecule has 0 saturated heterocycles. The van der Waals surface area contributed by atoms with E-state index in [9.17, 15) is 9.18 Å². The number of halogens is 1. The monoisotopic (exact) mass is 232 g/mol. The van der Waals surface area contributed by atoms with E-state index in [1.165, 1.54) is 36.8 Å². The van der Waals surface area contributed by atoms with Gasteiger partial charge in [-0.1, -0.05) is 0 Å². The largest absolute Gasteiger partial charge is 0.382 e. The van der Waals surface area contributed by atoms with Gasteiger partial charge in [0, 0.05) is 5.56 Å². The molecule has 0 spiro atoms. The number of carbonyl (C=O) groups is 1. The number of nitrogens with zero attached hydrogens (tertiary/aromatic N) is 2. The Bertz CT molecular complexity index is 541. The predicted molar refractivity (Wildman–Crippen MR) is 60.8 cm³/mol. The quantitative estimate of drug-likeness (QED) is 0.821. The van der Waals surface area contributed by atoms with Gasteiger partial charge in [-0.25, -0.2) is 14.4 Å². The van der Waals surface area contributed by atoms with Gasteiger partial charge in [0.15, 0.2) is 5.82 Å². The van der Waals surface area contributed by atoms with Gasteiger partial charge in [0.1, 0.15) is 17.8 Å². The average Bonchev–Trinajstić information content (AvgIpc) is 2.33. The van der Waals surface area contributed by atoms with Gasteiger partial charge >= 0.3 is 0 Å². The van der Waals surface area contributed by atoms with Crippen LogP contribution in [-0.4, -0.2) is 15.9 Å². The molecule has 0 aliphatic carbocycles. The second-order valence-electron chi connectivity index (χ2n) is 3.28. The molecular formula is C11H9FN4O. The molecule has 6 heteroatoms. The molecule has 1 aromatic carbocycles. The lowest BCUT2D eigenvalue weighted by molar-refractivity contribution is 0.102. The molecule has 17 heavy (non-hydrogen) atoms. The number of hydrogen-bond donors (Lipinski definition) is 2. The number of hydrogen-bond acceptors (Lipinski definition) is 4. The van der Waals surface area contributed by atoms with Gasteiger partial charge in [-0.15, -0.1) is 0 Å². The molecule has 0 unspecified atom stereocenters. The van der Waals surface area contributed by atoms with Crippen molar-refractivity contribution in [3.63, 3.8) is 0 Å². The van der Waals surface area contributed by atoms with Crippen LogP contribution in [0.3, 0.4) is 0 Å². The Balaban J connectivity index is 2.17. The summed E-state index contributed by atoms with van der Waals surface area (Å²) in [5.74, 6) is -0.619. The van der Waals surface area contributed by atoms with E-state index in [1.54, 1.807) is 0 Å². The first-order chi connectivity index (χ1) is 8.16. The molecule has 1 aromatic heterocycles. The zero-order chi connectivity index (χ0) is 12.3. The molecule has 0 aliphatic rings. The second kappa shape index (κ2) is 4.56. The third-order valence-electron chi connectivity index (χ3n) is 2.10. The summed E-state index contributed by atoms with van der Waals surface area (Å²) in [6, 6.07) is 5.18. The van der Waals surface area contributed by atoms with E-state index in [0.29, 0.717) is 11.3 Å². The molecule has 0 bridgehead atoms. The summed E-state index contributed by atoms with van der Waals surface area (Å²) < 4.78 is 12.7. The summed E-state index contributed by atoms with van der Waals surface area (Å²) in [4.78, 5) is 19.2. The molecule has 1 amide bonds. The molecule has 86 valence electrons. The third kappa shape index (κ3) is 2.54. The van der Waals surface area contributed by atoms with Gasteiger partial charge in [0.2, 0.25) is 0 Å². The standard InChI is InChI=1S/C11H9FN4O/c12-8-3-1-7(2-4-8)11(17)16-9-5-14-6-15-10(9)13/h1-6H,(H,16,17)(H2,13,14,15). The second-order valence-corrected chi connectivity index (χ2v) is 3.28. The number of nitrogens with two attached hydrogens (primary N) is 1. The van der Waals surface area contributed by atoms with Crippen LogP contribution in [0.15, 0.2) is 36.8 Å². The van der Waals surface area contributed by atoms with Crippen molar-refractivity contribution >= 4 is 17.4 Å². The first-order valence-corrected chi connectivity index (χ1v) is 4.79. The molecule has 0 aliphatic heterocycles. The van der Waals surface area contributed by atoms with E-state index in [-0.39, 0.29) is 5.82 Å². The molecule has 3 N–H and O–H groups in total. The SMILES string of the molecule is Nc1ncncc1NC(=O)c1ccc(F)cc1. The van der Waals surface area contributed by atoms with Crippen LogP contribution >= 0.6 is 0 Å². The van der Waals surface area contributed by atoms with E-state index in [2.05, 4.69) is 15.3 Å². The number of amides is 1. The molecule has 0 atom stereocenters. The highest BCUT2D eigenvalue weighted by Gasteiger charge is 2.08. The summed E-state index contributed by atoms with van der Waals surface area (Å²) in [6.45, 7) is 0. The maximum Gasteiger partial charge on any atom is 0.255 e. The highest BCUT2D eigenvalue weighted by atomic mass is 19.1. The summed E-state index contributed by atoms with van der Waals surface area (Å²) in [7, 11) is 0. The fraction of sp³-hybridized carbons (Fsp3) is 0. The fourth-order valence-corrected chi connectivity index (χ4v) is 1.23. The van der Waals surface area contributed by atoms with Crippen molar-refractivity contribution in [1.82, 2.24) is 9.97 Å². The Morgan fingerprint density at radius 2 is 2.00 bits per heavy atom. The third-order valence-corrected chi connectivity index (χ3v) is 2.10. The zero-order valence-corrected chi connectivity index (χ0v) is 8.72. The lowest BCUT2D eigenvalue weighted by Gasteiger charge is -2.06. The van der Waals surface area contributed by atoms with Crippen molar-refractivity contribution < 1.29 is 9.18 Å². The van der Waals surface area contributed by atoms with Crippen molar-refractivity contribution in [3.05, 3.63) is 48.2 Å². The Kier molecular flexibility index (Phi) is 2.95. The summed E-state index contributed by atoms with van der Waals surface area (Å²) in [5.41, 5.74) is 6.19. The van der Waals surface area contributed by atoms with Crippen LogP contribution in [0.25, 0.3) is 0 Å². The summed E-state index contributed by atoms with van der Waals surface area (Å²) >= 11 is 0. The Morgan fingerprint density at radius 1 is 1.29 bits per heavy atom. The maximum absolute atomic E-state index is 12.7. The van der Waals surface area contributed by atoms with Crippen LogP contribution in [0.1, 0.15) is 10.4 Å². The predicted octanol–water partition coefficient (Wildman–Crippen LogP) is 1.45. The lowest BCUT2D eigenvalue weighted by Crippen LogP contribution is -2.13. The first kappa shape index (κ1) is 11.0. The van der Waals surface area contributed by atoms with Crippen LogP contribution in [0.2, 0.25) is 0 Å². The molecule has 0 fully saturated rings. The van der Waals surface area contributed by atoms with Crippen LogP contribution < -0.4 is 11.1 Å². The minimum absolute atomic E-state index is 0.176. The fourth-order valence-electron chi connectivity index (χ4n) is 1.23. The number of nitrogen functional groups attached to an aromatic ring is 1.